The van der Waals surface area contributed by atoms with Crippen molar-refractivity contribution in [2.24, 2.45) is 4.99 Å². The minimum Gasteiger partial charge on any atom is -0.490 e. The molecule has 0 bridgehead atoms. The molecule has 2 heterocycles. The van der Waals surface area contributed by atoms with E-state index < -0.39 is 0 Å². The van der Waals surface area contributed by atoms with E-state index in [0.29, 0.717) is 6.61 Å². The lowest BCUT2D eigenvalue weighted by Crippen LogP contribution is -2.38. The zero-order valence-corrected chi connectivity index (χ0v) is 19.8. The van der Waals surface area contributed by atoms with Gasteiger partial charge in [0.25, 0.3) is 0 Å². The van der Waals surface area contributed by atoms with Gasteiger partial charge < -0.3 is 24.5 Å². The summed E-state index contributed by atoms with van der Waals surface area (Å²) in [6, 6.07) is 8.02. The van der Waals surface area contributed by atoms with E-state index in [2.05, 4.69) is 36.6 Å². The van der Waals surface area contributed by atoms with E-state index in [1.807, 2.05) is 25.1 Å². The Morgan fingerprint density at radius 3 is 2.90 bits per heavy atom. The molecule has 1 aliphatic rings. The lowest BCUT2D eigenvalue weighted by molar-refractivity contribution is 0.153. The average Bonchev–Trinajstić information content (AvgIpc) is 3.15. The smallest absolute Gasteiger partial charge is 0.191 e. The second kappa shape index (κ2) is 12.1. The number of hydrogen-bond donors (Lipinski definition) is 2. The highest BCUT2D eigenvalue weighted by atomic mass is 127. The zero-order valence-electron chi connectivity index (χ0n) is 17.5. The van der Waals surface area contributed by atoms with Gasteiger partial charge in [0.15, 0.2) is 17.3 Å². The van der Waals surface area contributed by atoms with E-state index in [1.54, 1.807) is 0 Å². The lowest BCUT2D eigenvalue weighted by atomic mass is 10.1. The summed E-state index contributed by atoms with van der Waals surface area (Å²) in [5.74, 6) is 2.44. The molecule has 160 valence electrons. The van der Waals surface area contributed by atoms with Crippen LogP contribution in [0, 0.1) is 0 Å². The maximum atomic E-state index is 6.10. The number of para-hydroxylation sites is 1. The van der Waals surface area contributed by atoms with Crippen molar-refractivity contribution < 1.29 is 13.9 Å². The highest BCUT2D eigenvalue weighted by Gasteiger charge is 2.15. The summed E-state index contributed by atoms with van der Waals surface area (Å²) >= 11 is 0. The van der Waals surface area contributed by atoms with Crippen molar-refractivity contribution in [2.45, 2.75) is 39.7 Å². The number of guanidine groups is 1. The van der Waals surface area contributed by atoms with E-state index >= 15 is 0 Å². The normalized spacial score (nSPS) is 15.4. The fraction of sp³-hybridized carbons (Fsp3) is 0.500. The number of nitrogens with zero attached hydrogens (tertiary/aromatic N) is 1. The molecule has 2 N–H and O–H groups in total. The molecule has 1 aromatic heterocycles. The first-order chi connectivity index (χ1) is 13.7. The summed E-state index contributed by atoms with van der Waals surface area (Å²) in [5, 5.41) is 7.80. The summed E-state index contributed by atoms with van der Waals surface area (Å²) in [7, 11) is 0. The van der Waals surface area contributed by atoms with Gasteiger partial charge in [-0.15, -0.1) is 24.0 Å². The molecule has 0 radical (unpaired) electrons. The van der Waals surface area contributed by atoms with Gasteiger partial charge >= 0.3 is 0 Å². The van der Waals surface area contributed by atoms with Crippen LogP contribution >= 0.6 is 24.0 Å². The maximum Gasteiger partial charge on any atom is 0.191 e. The van der Waals surface area contributed by atoms with Gasteiger partial charge in [0.1, 0.15) is 5.76 Å². The molecule has 1 unspecified atom stereocenters. The van der Waals surface area contributed by atoms with E-state index in [-0.39, 0.29) is 30.0 Å². The Hall–Kier alpha value is -1.74. The van der Waals surface area contributed by atoms with Gasteiger partial charge in [-0.3, -0.25) is 4.99 Å². The number of aliphatic imine (C=N–C) groups is 1. The Morgan fingerprint density at radius 1 is 1.31 bits per heavy atom. The van der Waals surface area contributed by atoms with E-state index in [9.17, 15) is 0 Å². The zero-order chi connectivity index (χ0) is 19.8. The molecule has 0 spiro atoms. The van der Waals surface area contributed by atoms with Gasteiger partial charge in [0, 0.05) is 18.5 Å². The molecule has 0 fully saturated rings. The molecular weight excluding hydrogens is 481 g/mol. The van der Waals surface area contributed by atoms with Crippen molar-refractivity contribution in [1.29, 1.82) is 0 Å². The number of hydrogen-bond acceptors (Lipinski definition) is 4. The van der Waals surface area contributed by atoms with Gasteiger partial charge in [-0.1, -0.05) is 23.8 Å². The molecule has 0 saturated heterocycles. The molecule has 1 atom stereocenters. The SMILES string of the molecule is CCNC(=NCCC1=CCOCC1)NC(C)c1cc2cccc(OCC)c2o1.I. The third kappa shape index (κ3) is 6.64. The van der Waals surface area contributed by atoms with Crippen LogP contribution in [-0.4, -0.2) is 38.9 Å². The maximum absolute atomic E-state index is 6.10. The molecule has 6 nitrogen and oxygen atoms in total. The number of rotatable bonds is 8. The number of furan rings is 1. The van der Waals surface area contributed by atoms with E-state index in [4.69, 9.17) is 18.9 Å². The quantitative estimate of drug-likeness (QED) is 0.230. The Bertz CT molecular complexity index is 832. The van der Waals surface area contributed by atoms with Crippen LogP contribution in [0.25, 0.3) is 11.0 Å². The third-order valence-corrected chi connectivity index (χ3v) is 4.71. The van der Waals surface area contributed by atoms with Gasteiger partial charge in [-0.2, -0.15) is 0 Å². The van der Waals surface area contributed by atoms with Gasteiger partial charge in [0.2, 0.25) is 0 Å². The Balaban J connectivity index is 0.00000300. The Kier molecular flexibility index (Phi) is 9.80. The second-order valence-electron chi connectivity index (χ2n) is 6.82. The predicted octanol–water partition coefficient (Wildman–Crippen LogP) is 4.80. The molecule has 1 aliphatic heterocycles. The van der Waals surface area contributed by atoms with Crippen LogP contribution in [0.2, 0.25) is 0 Å². The molecular formula is C22H32IN3O3. The number of ether oxygens (including phenoxy) is 2. The van der Waals surface area contributed by atoms with Crippen LogP contribution in [0.3, 0.4) is 0 Å². The Labute approximate surface area is 190 Å². The molecule has 2 aromatic rings. The third-order valence-electron chi connectivity index (χ3n) is 4.71. The fourth-order valence-corrected chi connectivity index (χ4v) is 3.24. The second-order valence-corrected chi connectivity index (χ2v) is 6.82. The molecule has 0 saturated carbocycles. The van der Waals surface area contributed by atoms with Crippen molar-refractivity contribution in [3.05, 3.63) is 41.7 Å². The van der Waals surface area contributed by atoms with Crippen molar-refractivity contribution in [3.8, 4) is 5.75 Å². The first kappa shape index (κ1) is 23.5. The molecule has 29 heavy (non-hydrogen) atoms. The van der Waals surface area contributed by atoms with Gasteiger partial charge in [-0.25, -0.2) is 0 Å². The molecule has 0 aliphatic carbocycles. The highest BCUT2D eigenvalue weighted by molar-refractivity contribution is 14.0. The van der Waals surface area contributed by atoms with Crippen molar-refractivity contribution in [1.82, 2.24) is 10.6 Å². The summed E-state index contributed by atoms with van der Waals surface area (Å²) < 4.78 is 17.1. The van der Waals surface area contributed by atoms with Crippen LogP contribution in [-0.2, 0) is 4.74 Å². The minimum atomic E-state index is -0.0121. The van der Waals surface area contributed by atoms with Crippen molar-refractivity contribution in [3.63, 3.8) is 0 Å². The van der Waals surface area contributed by atoms with Crippen LogP contribution in [0.15, 0.2) is 45.3 Å². The summed E-state index contributed by atoms with van der Waals surface area (Å²) in [6.45, 7) is 9.84. The first-order valence-corrected chi connectivity index (χ1v) is 10.2. The number of halogens is 1. The molecule has 0 amide bonds. The number of benzene rings is 1. The van der Waals surface area contributed by atoms with Crippen LogP contribution in [0.5, 0.6) is 5.75 Å². The number of nitrogens with one attached hydrogen (secondary N) is 2. The van der Waals surface area contributed by atoms with Gasteiger partial charge in [-0.05, 0) is 45.7 Å². The standard InChI is InChI=1S/C22H31N3O3.HI/c1-4-23-22(24-12-9-17-10-13-26-14-11-17)25-16(3)20-15-18-7-6-8-19(27-5-2)21(18)28-20;/h6-8,10,15-16H,4-5,9,11-14H2,1-3H3,(H2,23,24,25);1H. The Morgan fingerprint density at radius 2 is 2.17 bits per heavy atom. The fourth-order valence-electron chi connectivity index (χ4n) is 3.24. The summed E-state index contributed by atoms with van der Waals surface area (Å²) in [5.41, 5.74) is 2.22. The van der Waals surface area contributed by atoms with E-state index in [1.165, 1.54) is 5.57 Å². The number of fused-ring (bicyclic) bond motifs is 1. The molecule has 7 heteroatoms. The summed E-state index contributed by atoms with van der Waals surface area (Å²) in [4.78, 5) is 4.72. The first-order valence-electron chi connectivity index (χ1n) is 10.2. The van der Waals surface area contributed by atoms with Crippen LogP contribution < -0.4 is 15.4 Å². The monoisotopic (exact) mass is 513 g/mol. The molecule has 3 rings (SSSR count). The van der Waals surface area contributed by atoms with Crippen LogP contribution in [0.4, 0.5) is 0 Å². The van der Waals surface area contributed by atoms with Crippen LogP contribution in [0.1, 0.15) is 45.4 Å². The highest BCUT2D eigenvalue weighted by Crippen LogP contribution is 2.31. The van der Waals surface area contributed by atoms with Gasteiger partial charge in [0.05, 0.1) is 25.9 Å². The largest absolute Gasteiger partial charge is 0.490 e. The average molecular weight is 513 g/mol. The lowest BCUT2D eigenvalue weighted by Gasteiger charge is -2.17. The van der Waals surface area contributed by atoms with Crippen molar-refractivity contribution >= 4 is 40.9 Å². The molecule has 1 aromatic carbocycles. The summed E-state index contributed by atoms with van der Waals surface area (Å²) in [6.07, 6.45) is 4.15. The topological polar surface area (TPSA) is 68.0 Å². The van der Waals surface area contributed by atoms with E-state index in [0.717, 1.165) is 67.6 Å². The minimum absolute atomic E-state index is 0. The predicted molar refractivity (Wildman–Crippen MR) is 128 cm³/mol. The van der Waals surface area contributed by atoms with Crippen molar-refractivity contribution in [2.75, 3.05) is 32.9 Å².